The van der Waals surface area contributed by atoms with E-state index in [2.05, 4.69) is 64.2 Å². The number of benzene rings is 1. The third-order valence-corrected chi connectivity index (χ3v) is 4.17. The van der Waals surface area contributed by atoms with Crippen LogP contribution in [-0.2, 0) is 0 Å². The summed E-state index contributed by atoms with van der Waals surface area (Å²) < 4.78 is 2.97. The first-order chi connectivity index (χ1) is 6.47. The third kappa shape index (κ3) is 2.79. The molecule has 0 spiro atoms. The Balaban J connectivity index is 3.01. The van der Waals surface area contributed by atoms with Crippen LogP contribution in [0.5, 0.6) is 0 Å². The molecule has 0 aromatic heterocycles. The molecule has 0 fully saturated rings. The molecule has 0 radical (unpaired) electrons. The van der Waals surface area contributed by atoms with Crippen molar-refractivity contribution in [1.82, 2.24) is 4.48 Å². The Morgan fingerprint density at radius 2 is 1.86 bits per heavy atom. The topological polar surface area (TPSA) is 26.0 Å². The van der Waals surface area contributed by atoms with Gasteiger partial charge in [-0.05, 0) is 37.9 Å². The van der Waals surface area contributed by atoms with Crippen molar-refractivity contribution in [3.8, 4) is 0 Å². The average Bonchev–Trinajstić information content (AvgIpc) is 2.09. The van der Waals surface area contributed by atoms with Crippen LogP contribution in [0.25, 0.3) is 0 Å². The van der Waals surface area contributed by atoms with Crippen LogP contribution < -0.4 is 10.2 Å². The molecule has 0 unspecified atom stereocenters. The van der Waals surface area contributed by atoms with Crippen LogP contribution in [0.15, 0.2) is 27.1 Å². The molecule has 0 aliphatic carbocycles. The number of quaternary nitrogens is 1. The van der Waals surface area contributed by atoms with Gasteiger partial charge in [0.25, 0.3) is 0 Å². The molecule has 0 amide bonds. The molecule has 0 saturated heterocycles. The highest BCUT2D eigenvalue weighted by atomic mass is 79.9. The van der Waals surface area contributed by atoms with E-state index in [1.807, 2.05) is 0 Å². The van der Waals surface area contributed by atoms with Crippen molar-refractivity contribution in [3.05, 3.63) is 27.1 Å². The van der Waals surface area contributed by atoms with E-state index in [1.165, 1.54) is 5.69 Å². The molecule has 0 atom stereocenters. The van der Waals surface area contributed by atoms with Crippen molar-refractivity contribution in [3.63, 3.8) is 0 Å². The molecule has 1 rings (SSSR count). The molecule has 0 aliphatic heterocycles. The lowest BCUT2D eigenvalue weighted by atomic mass is 10.2. The van der Waals surface area contributed by atoms with Gasteiger partial charge in [0.15, 0.2) is 0 Å². The molecule has 14 heavy (non-hydrogen) atoms. The number of nitrogens with zero attached hydrogens (tertiary/aromatic N) is 1. The van der Waals surface area contributed by atoms with E-state index in [4.69, 9.17) is 5.73 Å². The molecule has 0 saturated carbocycles. The zero-order valence-corrected chi connectivity index (χ0v) is 11.6. The minimum Gasteiger partial charge on any atom is -0.326 e. The second kappa shape index (κ2) is 4.75. The molecule has 0 aliphatic rings. The van der Waals surface area contributed by atoms with Gasteiger partial charge in [-0.2, -0.15) is 0 Å². The zero-order chi connectivity index (χ0) is 10.8. The van der Waals surface area contributed by atoms with E-state index >= 15 is 0 Å². The lowest BCUT2D eigenvalue weighted by Crippen LogP contribution is -2.44. The minimum atomic E-state index is 0.695. The normalized spacial score (nSPS) is 11.8. The van der Waals surface area contributed by atoms with E-state index in [0.29, 0.717) is 6.54 Å². The van der Waals surface area contributed by atoms with E-state index < -0.39 is 0 Å². The number of nitrogens with two attached hydrogens (primary N) is 1. The predicted molar refractivity (Wildman–Crippen MR) is 69.4 cm³/mol. The van der Waals surface area contributed by atoms with Crippen LogP contribution in [-0.4, -0.2) is 27.2 Å². The van der Waals surface area contributed by atoms with Crippen LogP contribution in [0.3, 0.4) is 0 Å². The van der Waals surface area contributed by atoms with Gasteiger partial charge >= 0.3 is 0 Å². The summed E-state index contributed by atoms with van der Waals surface area (Å²) in [5, 5.41) is 0. The number of likely N-dealkylation sites (N-methyl/N-ethyl adjacent to an activating group) is 1. The van der Waals surface area contributed by atoms with Gasteiger partial charge in [-0.15, -0.1) is 0 Å². The van der Waals surface area contributed by atoms with E-state index in [1.54, 1.807) is 0 Å². The van der Waals surface area contributed by atoms with Crippen molar-refractivity contribution >= 4 is 37.5 Å². The molecular weight excluding hydrogens is 308 g/mol. The average molecular weight is 323 g/mol. The van der Waals surface area contributed by atoms with Crippen LogP contribution in [0.2, 0.25) is 0 Å². The SMILES string of the molecule is C[N+](C)(CCN)c1ccc(Br)c(Br)c1. The molecule has 4 heteroatoms. The maximum absolute atomic E-state index is 5.58. The van der Waals surface area contributed by atoms with Crippen molar-refractivity contribution in [2.45, 2.75) is 0 Å². The summed E-state index contributed by atoms with van der Waals surface area (Å²) in [6, 6.07) is 6.29. The number of hydrogen-bond donors (Lipinski definition) is 1. The van der Waals surface area contributed by atoms with Gasteiger partial charge < -0.3 is 5.73 Å². The first-order valence-electron chi connectivity index (χ1n) is 4.46. The Kier molecular flexibility index (Phi) is 4.13. The van der Waals surface area contributed by atoms with Gasteiger partial charge in [-0.3, -0.25) is 4.48 Å². The van der Waals surface area contributed by atoms with Crippen molar-refractivity contribution in [1.29, 1.82) is 0 Å². The zero-order valence-electron chi connectivity index (χ0n) is 8.43. The number of halogens is 2. The van der Waals surface area contributed by atoms with Crippen molar-refractivity contribution in [2.75, 3.05) is 27.2 Å². The molecule has 0 heterocycles. The fourth-order valence-electron chi connectivity index (χ4n) is 1.31. The standard InChI is InChI=1S/C10H15Br2N2/c1-14(2,6-5-13)8-3-4-9(11)10(12)7-8/h3-4,7H,5-6,13H2,1-2H3/q+1. The Labute approximate surface area is 102 Å². The maximum Gasteiger partial charge on any atom is 0.133 e. The quantitative estimate of drug-likeness (QED) is 0.851. The third-order valence-electron chi connectivity index (χ3n) is 2.29. The summed E-state index contributed by atoms with van der Waals surface area (Å²) in [5.41, 5.74) is 6.84. The maximum atomic E-state index is 5.58. The van der Waals surface area contributed by atoms with Gasteiger partial charge in [0.05, 0.1) is 20.6 Å². The highest BCUT2D eigenvalue weighted by Crippen LogP contribution is 2.29. The van der Waals surface area contributed by atoms with Crippen LogP contribution >= 0.6 is 31.9 Å². The fourth-order valence-corrected chi connectivity index (χ4v) is 1.93. The predicted octanol–water partition coefficient (Wildman–Crippen LogP) is 2.74. The van der Waals surface area contributed by atoms with Gasteiger partial charge in [0.1, 0.15) is 5.69 Å². The summed E-state index contributed by atoms with van der Waals surface area (Å²) in [6.07, 6.45) is 0. The molecule has 1 aromatic rings. The summed E-state index contributed by atoms with van der Waals surface area (Å²) >= 11 is 6.96. The minimum absolute atomic E-state index is 0.695. The highest BCUT2D eigenvalue weighted by Gasteiger charge is 2.18. The van der Waals surface area contributed by atoms with Gasteiger partial charge in [0.2, 0.25) is 0 Å². The van der Waals surface area contributed by atoms with Crippen LogP contribution in [0.1, 0.15) is 0 Å². The highest BCUT2D eigenvalue weighted by molar-refractivity contribution is 9.13. The van der Waals surface area contributed by atoms with Crippen LogP contribution in [0, 0.1) is 0 Å². The van der Waals surface area contributed by atoms with Crippen molar-refractivity contribution in [2.24, 2.45) is 5.73 Å². The Morgan fingerprint density at radius 1 is 1.21 bits per heavy atom. The largest absolute Gasteiger partial charge is 0.326 e. The molecule has 78 valence electrons. The van der Waals surface area contributed by atoms with E-state index in [9.17, 15) is 0 Å². The summed E-state index contributed by atoms with van der Waals surface area (Å²) in [4.78, 5) is 0. The molecular formula is C10H15Br2N2+. The van der Waals surface area contributed by atoms with Gasteiger partial charge in [-0.1, -0.05) is 0 Å². The lowest BCUT2D eigenvalue weighted by Gasteiger charge is -2.28. The summed E-state index contributed by atoms with van der Waals surface area (Å²) in [6.45, 7) is 1.63. The smallest absolute Gasteiger partial charge is 0.133 e. The van der Waals surface area contributed by atoms with E-state index in [-0.39, 0.29) is 0 Å². The molecule has 0 bridgehead atoms. The van der Waals surface area contributed by atoms with Crippen LogP contribution in [0.4, 0.5) is 5.69 Å². The van der Waals surface area contributed by atoms with Crippen molar-refractivity contribution < 1.29 is 0 Å². The monoisotopic (exact) mass is 321 g/mol. The second-order valence-corrected chi connectivity index (χ2v) is 5.50. The fraction of sp³-hybridized carbons (Fsp3) is 0.400. The molecule has 2 nitrogen and oxygen atoms in total. The first-order valence-corrected chi connectivity index (χ1v) is 6.04. The van der Waals surface area contributed by atoms with Gasteiger partial charge in [0, 0.05) is 27.6 Å². The summed E-state index contributed by atoms with van der Waals surface area (Å²) in [5.74, 6) is 0. The lowest BCUT2D eigenvalue weighted by molar-refractivity contribution is 0.408. The Hall–Kier alpha value is 0.1000. The Bertz CT molecular complexity index is 324. The Morgan fingerprint density at radius 3 is 2.36 bits per heavy atom. The van der Waals surface area contributed by atoms with Gasteiger partial charge in [-0.25, -0.2) is 0 Å². The first kappa shape index (κ1) is 12.2. The van der Waals surface area contributed by atoms with E-state index in [0.717, 1.165) is 20.0 Å². The molecule has 1 aromatic carbocycles. The number of rotatable bonds is 3. The summed E-state index contributed by atoms with van der Waals surface area (Å²) in [7, 11) is 4.31. The molecule has 2 N–H and O–H groups in total. The number of hydrogen-bond acceptors (Lipinski definition) is 1. The second-order valence-electron chi connectivity index (χ2n) is 3.80.